The van der Waals surface area contributed by atoms with Crippen LogP contribution in [0.5, 0.6) is 0 Å². The summed E-state index contributed by atoms with van der Waals surface area (Å²) in [5.74, 6) is 0.736. The number of hydrogen-bond acceptors (Lipinski definition) is 3. The zero-order valence-corrected chi connectivity index (χ0v) is 11.0. The molecule has 1 aliphatic rings. The van der Waals surface area contributed by atoms with Gasteiger partial charge in [0.05, 0.1) is 23.3 Å². The number of aromatic nitrogens is 3. The van der Waals surface area contributed by atoms with E-state index in [1.807, 2.05) is 36.5 Å². The van der Waals surface area contributed by atoms with Crippen molar-refractivity contribution in [1.82, 2.24) is 15.0 Å². The average Bonchev–Trinajstić information content (AvgIpc) is 2.85. The largest absolute Gasteiger partial charge is 0.393 e. The Bertz CT molecular complexity index is 764. The monoisotopic (exact) mass is 265 g/mol. The number of fused-ring (bicyclic) bond motifs is 3. The number of nitrogens with zero attached hydrogens (tertiary/aromatic N) is 2. The molecule has 0 radical (unpaired) electrons. The van der Waals surface area contributed by atoms with E-state index in [9.17, 15) is 5.11 Å². The lowest BCUT2D eigenvalue weighted by molar-refractivity contribution is 0.158. The van der Waals surface area contributed by atoms with Crippen LogP contribution in [-0.4, -0.2) is 26.2 Å². The summed E-state index contributed by atoms with van der Waals surface area (Å²) < 4.78 is 0. The van der Waals surface area contributed by atoms with Gasteiger partial charge in [-0.25, -0.2) is 9.97 Å². The van der Waals surface area contributed by atoms with E-state index in [4.69, 9.17) is 4.98 Å². The Kier molecular flexibility index (Phi) is 2.57. The van der Waals surface area contributed by atoms with Crippen molar-refractivity contribution in [3.63, 3.8) is 0 Å². The van der Waals surface area contributed by atoms with Crippen LogP contribution in [0.4, 0.5) is 0 Å². The molecule has 2 N–H and O–H groups in total. The lowest BCUT2D eigenvalue weighted by Crippen LogP contribution is -2.17. The fraction of sp³-hybridized carbons (Fsp3) is 0.250. The summed E-state index contributed by atoms with van der Waals surface area (Å²) in [6.07, 6.45) is 3.97. The van der Waals surface area contributed by atoms with Crippen molar-refractivity contribution < 1.29 is 5.11 Å². The Labute approximate surface area is 116 Å². The van der Waals surface area contributed by atoms with Gasteiger partial charge in [0, 0.05) is 23.2 Å². The molecule has 1 unspecified atom stereocenters. The van der Waals surface area contributed by atoms with Crippen molar-refractivity contribution in [3.05, 3.63) is 47.8 Å². The molecule has 0 aliphatic heterocycles. The standard InChI is InChI=1S/C16H15N3O/c20-11-6-7-13-12(8-11)15-14(18-13)9-17-16(19-15)10-4-2-1-3-5-10/h1-5,9,11,18,20H,6-8H2. The van der Waals surface area contributed by atoms with Crippen LogP contribution in [0.15, 0.2) is 36.5 Å². The number of aryl methyl sites for hydroxylation is 1. The van der Waals surface area contributed by atoms with E-state index in [0.717, 1.165) is 40.8 Å². The first-order chi connectivity index (χ1) is 9.81. The highest BCUT2D eigenvalue weighted by atomic mass is 16.3. The van der Waals surface area contributed by atoms with Crippen molar-refractivity contribution in [3.8, 4) is 11.4 Å². The number of rotatable bonds is 1. The van der Waals surface area contributed by atoms with Gasteiger partial charge in [-0.2, -0.15) is 0 Å². The summed E-state index contributed by atoms with van der Waals surface area (Å²) in [6, 6.07) is 9.97. The zero-order valence-electron chi connectivity index (χ0n) is 11.0. The molecule has 100 valence electrons. The van der Waals surface area contributed by atoms with Crippen LogP contribution in [0, 0.1) is 0 Å². The van der Waals surface area contributed by atoms with Gasteiger partial charge in [-0.05, 0) is 12.8 Å². The summed E-state index contributed by atoms with van der Waals surface area (Å²) in [5.41, 5.74) is 5.28. The van der Waals surface area contributed by atoms with Crippen LogP contribution in [0.3, 0.4) is 0 Å². The maximum absolute atomic E-state index is 9.86. The first-order valence-electron chi connectivity index (χ1n) is 6.91. The topological polar surface area (TPSA) is 61.8 Å². The third-order valence-electron chi connectivity index (χ3n) is 3.92. The van der Waals surface area contributed by atoms with E-state index >= 15 is 0 Å². The molecule has 4 nitrogen and oxygen atoms in total. The fourth-order valence-corrected chi connectivity index (χ4v) is 2.89. The van der Waals surface area contributed by atoms with Gasteiger partial charge in [0.25, 0.3) is 0 Å². The SMILES string of the molecule is OC1CCc2[nH]c3cnc(-c4ccccc4)nc3c2C1. The minimum Gasteiger partial charge on any atom is -0.393 e. The van der Waals surface area contributed by atoms with Crippen molar-refractivity contribution in [2.45, 2.75) is 25.4 Å². The highest BCUT2D eigenvalue weighted by Gasteiger charge is 2.22. The highest BCUT2D eigenvalue weighted by Crippen LogP contribution is 2.29. The molecule has 1 aliphatic carbocycles. The summed E-state index contributed by atoms with van der Waals surface area (Å²) in [6.45, 7) is 0. The van der Waals surface area contributed by atoms with E-state index in [1.54, 1.807) is 0 Å². The number of aliphatic hydroxyl groups is 1. The van der Waals surface area contributed by atoms with Gasteiger partial charge in [-0.1, -0.05) is 30.3 Å². The van der Waals surface area contributed by atoms with Crippen LogP contribution in [0.2, 0.25) is 0 Å². The van der Waals surface area contributed by atoms with Crippen molar-refractivity contribution >= 4 is 11.0 Å². The Balaban J connectivity index is 1.89. The number of benzene rings is 1. The molecule has 4 rings (SSSR count). The van der Waals surface area contributed by atoms with Crippen LogP contribution in [-0.2, 0) is 12.8 Å². The minimum absolute atomic E-state index is 0.253. The molecular weight excluding hydrogens is 250 g/mol. The summed E-state index contributed by atoms with van der Waals surface area (Å²) in [4.78, 5) is 12.5. The van der Waals surface area contributed by atoms with Crippen LogP contribution >= 0.6 is 0 Å². The van der Waals surface area contributed by atoms with E-state index in [-0.39, 0.29) is 6.10 Å². The molecule has 3 aromatic rings. The number of nitrogens with one attached hydrogen (secondary N) is 1. The average molecular weight is 265 g/mol. The molecule has 2 heterocycles. The van der Waals surface area contributed by atoms with E-state index in [0.29, 0.717) is 6.42 Å². The Hall–Kier alpha value is -2.20. The molecule has 0 amide bonds. The van der Waals surface area contributed by atoms with Gasteiger partial charge < -0.3 is 10.1 Å². The molecule has 1 atom stereocenters. The highest BCUT2D eigenvalue weighted by molar-refractivity contribution is 5.82. The summed E-state index contributed by atoms with van der Waals surface area (Å²) >= 11 is 0. The molecule has 1 aromatic carbocycles. The van der Waals surface area contributed by atoms with Crippen molar-refractivity contribution in [2.24, 2.45) is 0 Å². The number of H-pyrrole nitrogens is 1. The Morgan fingerprint density at radius 1 is 1.20 bits per heavy atom. The second-order valence-electron chi connectivity index (χ2n) is 5.30. The molecule has 0 bridgehead atoms. The molecular formula is C16H15N3O. The third-order valence-corrected chi connectivity index (χ3v) is 3.92. The molecule has 0 saturated heterocycles. The quantitative estimate of drug-likeness (QED) is 0.710. The molecule has 4 heteroatoms. The van der Waals surface area contributed by atoms with Crippen LogP contribution < -0.4 is 0 Å². The molecule has 0 fully saturated rings. The molecule has 0 spiro atoms. The fourth-order valence-electron chi connectivity index (χ4n) is 2.89. The van der Waals surface area contributed by atoms with Gasteiger partial charge >= 0.3 is 0 Å². The Morgan fingerprint density at radius 2 is 2.05 bits per heavy atom. The number of aromatic amines is 1. The van der Waals surface area contributed by atoms with Crippen molar-refractivity contribution in [1.29, 1.82) is 0 Å². The van der Waals surface area contributed by atoms with Gasteiger partial charge in [-0.15, -0.1) is 0 Å². The van der Waals surface area contributed by atoms with Crippen LogP contribution in [0.25, 0.3) is 22.4 Å². The smallest absolute Gasteiger partial charge is 0.159 e. The first kappa shape index (κ1) is 11.6. The lowest BCUT2D eigenvalue weighted by atomic mass is 9.95. The summed E-state index contributed by atoms with van der Waals surface area (Å²) in [7, 11) is 0. The minimum atomic E-state index is -0.253. The van der Waals surface area contributed by atoms with E-state index in [1.165, 1.54) is 5.69 Å². The second-order valence-corrected chi connectivity index (χ2v) is 5.30. The van der Waals surface area contributed by atoms with Crippen LogP contribution in [0.1, 0.15) is 17.7 Å². The molecule has 20 heavy (non-hydrogen) atoms. The van der Waals surface area contributed by atoms with Gasteiger partial charge in [0.2, 0.25) is 0 Å². The van der Waals surface area contributed by atoms with E-state index < -0.39 is 0 Å². The molecule has 0 saturated carbocycles. The number of aliphatic hydroxyl groups excluding tert-OH is 1. The normalized spacial score (nSPS) is 18.1. The predicted octanol–water partition coefficient (Wildman–Crippen LogP) is 2.47. The van der Waals surface area contributed by atoms with Gasteiger partial charge in [0.15, 0.2) is 5.82 Å². The van der Waals surface area contributed by atoms with Gasteiger partial charge in [0.1, 0.15) is 0 Å². The lowest BCUT2D eigenvalue weighted by Gasteiger charge is -2.16. The van der Waals surface area contributed by atoms with Gasteiger partial charge in [-0.3, -0.25) is 0 Å². The predicted molar refractivity (Wildman–Crippen MR) is 77.4 cm³/mol. The molecule has 2 aromatic heterocycles. The first-order valence-corrected chi connectivity index (χ1v) is 6.91. The maximum atomic E-state index is 9.86. The number of hydrogen-bond donors (Lipinski definition) is 2. The van der Waals surface area contributed by atoms with Crippen molar-refractivity contribution in [2.75, 3.05) is 0 Å². The zero-order chi connectivity index (χ0) is 13.5. The summed E-state index contributed by atoms with van der Waals surface area (Å²) in [5, 5.41) is 9.86. The maximum Gasteiger partial charge on any atom is 0.159 e. The third kappa shape index (κ3) is 1.80. The Morgan fingerprint density at radius 3 is 2.90 bits per heavy atom. The van der Waals surface area contributed by atoms with E-state index in [2.05, 4.69) is 9.97 Å². The second kappa shape index (κ2) is 4.42.